The maximum Gasteiger partial charge on any atom is 0.248 e. The number of nitrogens with zero attached hydrogens (tertiary/aromatic N) is 7. The van der Waals surface area contributed by atoms with E-state index in [1.165, 1.54) is 4.52 Å². The van der Waals surface area contributed by atoms with Crippen LogP contribution in [0.5, 0.6) is 0 Å². The minimum absolute atomic E-state index is 0.332. The molecule has 1 aromatic carbocycles. The third-order valence-corrected chi connectivity index (χ3v) is 3.62. The molecule has 3 aromatic heterocycles. The number of nitrogens with one attached hydrogen (secondary N) is 1. The lowest BCUT2D eigenvalue weighted by molar-refractivity contribution is 0.313. The molecule has 0 aliphatic rings. The van der Waals surface area contributed by atoms with Crippen molar-refractivity contribution in [3.05, 3.63) is 27.8 Å². The second-order valence-corrected chi connectivity index (χ2v) is 5.05. The zero-order chi connectivity index (χ0) is 13.5. The first-order valence-corrected chi connectivity index (χ1v) is 6.63. The minimum atomic E-state index is 0.332. The number of hydrogen-bond acceptors (Lipinski definition) is 8. The summed E-state index contributed by atoms with van der Waals surface area (Å²) in [5.74, 6) is 0.488. The van der Waals surface area contributed by atoms with Crippen molar-refractivity contribution >= 4 is 51.0 Å². The average molecular weight is 380 g/mol. The largest absolute Gasteiger partial charge is 0.336 e. The van der Waals surface area contributed by atoms with E-state index in [2.05, 4.69) is 63.4 Å². The molecule has 0 atom stereocenters. The first kappa shape index (κ1) is 11.5. The molecule has 0 aliphatic heterocycles. The van der Waals surface area contributed by atoms with Crippen LogP contribution in [-0.4, -0.2) is 35.3 Å². The highest BCUT2D eigenvalue weighted by Gasteiger charge is 2.16. The van der Waals surface area contributed by atoms with Crippen molar-refractivity contribution in [1.29, 1.82) is 0 Å². The van der Waals surface area contributed by atoms with Crippen molar-refractivity contribution in [1.82, 2.24) is 35.3 Å². The number of rotatable bonds is 2. The first-order valence-electron chi connectivity index (χ1n) is 5.55. The summed E-state index contributed by atoms with van der Waals surface area (Å²) in [7, 11) is 0. The summed E-state index contributed by atoms with van der Waals surface area (Å²) in [5, 5.41) is 22.1. The molecule has 20 heavy (non-hydrogen) atoms. The Morgan fingerprint density at radius 1 is 1.15 bits per heavy atom. The van der Waals surface area contributed by atoms with Crippen molar-refractivity contribution in [2.24, 2.45) is 0 Å². The molecule has 4 aromatic rings. The van der Waals surface area contributed by atoms with Gasteiger partial charge in [0.15, 0.2) is 5.82 Å². The van der Waals surface area contributed by atoms with Gasteiger partial charge in [0.2, 0.25) is 16.9 Å². The number of aromatic nitrogens is 7. The molecule has 3 heterocycles. The molecule has 0 fully saturated rings. The predicted octanol–water partition coefficient (Wildman–Crippen LogP) is 1.40. The predicted molar refractivity (Wildman–Crippen MR) is 76.4 cm³/mol. The van der Waals surface area contributed by atoms with Gasteiger partial charge in [0, 0.05) is 3.57 Å². The number of hydrogen-bond donors (Lipinski definition) is 1. The molecule has 1 N–H and O–H groups in total. The molecule has 0 radical (unpaired) electrons. The maximum atomic E-state index is 4.66. The summed E-state index contributed by atoms with van der Waals surface area (Å²) in [6.07, 6.45) is 0. The number of para-hydroxylation sites is 1. The van der Waals surface area contributed by atoms with Gasteiger partial charge in [-0.1, -0.05) is 12.1 Å². The molecule has 0 unspecified atom stereocenters. The lowest BCUT2D eigenvalue weighted by Gasteiger charge is -2.07. The van der Waals surface area contributed by atoms with Crippen molar-refractivity contribution in [2.75, 3.05) is 5.32 Å². The third kappa shape index (κ3) is 1.68. The smallest absolute Gasteiger partial charge is 0.248 e. The number of tetrazole rings is 1. The highest BCUT2D eigenvalue weighted by atomic mass is 127. The maximum absolute atomic E-state index is 4.66. The number of anilines is 2. The second kappa shape index (κ2) is 4.33. The van der Waals surface area contributed by atoms with Crippen molar-refractivity contribution in [2.45, 2.75) is 0 Å². The van der Waals surface area contributed by atoms with E-state index < -0.39 is 0 Å². The van der Waals surface area contributed by atoms with E-state index in [1.807, 2.05) is 24.3 Å². The van der Waals surface area contributed by atoms with Crippen molar-refractivity contribution in [3.63, 3.8) is 0 Å². The number of halogens is 1. The molecule has 0 bridgehead atoms. The standard InChI is InChI=1S/C10H5IN8O/c11-5-3-1-2-4-6(5)12-7-9-14-17-18-19(9)10-8(13-7)15-20-16-10/h1-4H,(H,12,13,15). The van der Waals surface area contributed by atoms with Crippen LogP contribution in [0.1, 0.15) is 0 Å². The van der Waals surface area contributed by atoms with Gasteiger partial charge in [-0.15, -0.1) is 5.10 Å². The Morgan fingerprint density at radius 2 is 2.05 bits per heavy atom. The monoisotopic (exact) mass is 380 g/mol. The number of fused-ring (bicyclic) bond motifs is 3. The Balaban J connectivity index is 1.93. The Kier molecular flexibility index (Phi) is 2.48. The van der Waals surface area contributed by atoms with E-state index in [1.54, 1.807) is 0 Å². The highest BCUT2D eigenvalue weighted by Crippen LogP contribution is 2.24. The fourth-order valence-corrected chi connectivity index (χ4v) is 2.31. The molecule has 4 rings (SSSR count). The van der Waals surface area contributed by atoms with Crippen molar-refractivity contribution in [3.8, 4) is 0 Å². The molecule has 0 saturated carbocycles. The van der Waals surface area contributed by atoms with Crippen LogP contribution in [0, 0.1) is 3.57 Å². The van der Waals surface area contributed by atoms with E-state index in [9.17, 15) is 0 Å². The van der Waals surface area contributed by atoms with Gasteiger partial charge in [-0.05, 0) is 55.5 Å². The molecule has 98 valence electrons. The fourth-order valence-electron chi connectivity index (χ4n) is 1.79. The molecule has 10 heteroatoms. The van der Waals surface area contributed by atoms with Gasteiger partial charge < -0.3 is 5.32 Å². The Bertz CT molecular complexity index is 916. The molecule has 0 spiro atoms. The molecule has 0 aliphatic carbocycles. The first-order chi connectivity index (χ1) is 9.83. The van der Waals surface area contributed by atoms with Crippen LogP contribution in [-0.2, 0) is 0 Å². The zero-order valence-corrected chi connectivity index (χ0v) is 11.9. The van der Waals surface area contributed by atoms with Gasteiger partial charge in [-0.2, -0.15) is 4.52 Å². The SMILES string of the molecule is Ic1ccccc1Nc1nc2nonc2n2nnnc12. The lowest BCUT2D eigenvalue weighted by atomic mass is 10.3. The van der Waals surface area contributed by atoms with E-state index in [-0.39, 0.29) is 0 Å². The molecule has 0 saturated heterocycles. The summed E-state index contributed by atoms with van der Waals surface area (Å²) in [4.78, 5) is 4.33. The Morgan fingerprint density at radius 3 is 2.95 bits per heavy atom. The van der Waals surface area contributed by atoms with Crippen LogP contribution in [0.2, 0.25) is 0 Å². The van der Waals surface area contributed by atoms with Gasteiger partial charge in [0.05, 0.1) is 5.69 Å². The fraction of sp³-hybridized carbons (Fsp3) is 0. The van der Waals surface area contributed by atoms with Gasteiger partial charge in [0.25, 0.3) is 0 Å². The van der Waals surface area contributed by atoms with Crippen LogP contribution in [0.4, 0.5) is 11.5 Å². The third-order valence-electron chi connectivity index (χ3n) is 2.68. The normalized spacial score (nSPS) is 11.2. The second-order valence-electron chi connectivity index (χ2n) is 3.89. The summed E-state index contributed by atoms with van der Waals surface area (Å²) in [6, 6.07) is 7.81. The highest BCUT2D eigenvalue weighted by molar-refractivity contribution is 14.1. The van der Waals surface area contributed by atoms with Crippen LogP contribution in [0.3, 0.4) is 0 Å². The van der Waals surface area contributed by atoms with Crippen LogP contribution in [0.25, 0.3) is 16.9 Å². The molecular weight excluding hydrogens is 375 g/mol. The molecular formula is C10H5IN8O. The topological polar surface area (TPSA) is 107 Å². The lowest BCUT2D eigenvalue weighted by Crippen LogP contribution is -2.01. The minimum Gasteiger partial charge on any atom is -0.336 e. The molecule has 0 amide bonds. The summed E-state index contributed by atoms with van der Waals surface area (Å²) < 4.78 is 7.14. The van der Waals surface area contributed by atoms with Crippen LogP contribution >= 0.6 is 22.6 Å². The van der Waals surface area contributed by atoms with Crippen molar-refractivity contribution < 1.29 is 4.63 Å². The van der Waals surface area contributed by atoms with E-state index in [0.717, 1.165) is 9.26 Å². The number of benzene rings is 1. The van der Waals surface area contributed by atoms with Gasteiger partial charge in [-0.25, -0.2) is 9.61 Å². The van der Waals surface area contributed by atoms with E-state index in [0.29, 0.717) is 22.8 Å². The zero-order valence-electron chi connectivity index (χ0n) is 9.73. The van der Waals surface area contributed by atoms with Gasteiger partial charge in [0.1, 0.15) is 0 Å². The van der Waals surface area contributed by atoms with Crippen LogP contribution < -0.4 is 5.32 Å². The van der Waals surface area contributed by atoms with E-state index in [4.69, 9.17) is 0 Å². The van der Waals surface area contributed by atoms with Gasteiger partial charge >= 0.3 is 0 Å². The summed E-state index contributed by atoms with van der Waals surface area (Å²) in [5.41, 5.74) is 2.06. The quantitative estimate of drug-likeness (QED) is 0.520. The molecule has 9 nitrogen and oxygen atoms in total. The average Bonchev–Trinajstić information content (AvgIpc) is 3.08. The van der Waals surface area contributed by atoms with E-state index >= 15 is 0 Å². The summed E-state index contributed by atoms with van der Waals surface area (Å²) >= 11 is 2.23. The summed E-state index contributed by atoms with van der Waals surface area (Å²) in [6.45, 7) is 0. The Labute approximate surface area is 124 Å². The van der Waals surface area contributed by atoms with Crippen LogP contribution in [0.15, 0.2) is 28.9 Å². The van der Waals surface area contributed by atoms with Gasteiger partial charge in [-0.3, -0.25) is 0 Å². The Hall–Kier alpha value is -2.37.